The summed E-state index contributed by atoms with van der Waals surface area (Å²) in [5.41, 5.74) is 2.07. The molecule has 12 heteroatoms. The SMILES string of the molecule is CCOC(=O)c1ccc(N=C2SC(C(=O)Nc3cc(Cl)cc(Cl)c3)CC(=O)N2Cc2ccc(OC)c(OC)c2)cc1. The fourth-order valence-electron chi connectivity index (χ4n) is 4.00. The summed E-state index contributed by atoms with van der Waals surface area (Å²) in [4.78, 5) is 44.9. The predicted molar refractivity (Wildman–Crippen MR) is 161 cm³/mol. The number of esters is 1. The van der Waals surface area contributed by atoms with Gasteiger partial charge in [0.1, 0.15) is 5.25 Å². The fourth-order valence-corrected chi connectivity index (χ4v) is 5.63. The molecule has 41 heavy (non-hydrogen) atoms. The number of nitrogens with one attached hydrogen (secondary N) is 1. The van der Waals surface area contributed by atoms with Crippen molar-refractivity contribution in [1.82, 2.24) is 4.90 Å². The molecule has 1 atom stereocenters. The molecule has 1 aliphatic rings. The highest BCUT2D eigenvalue weighted by Crippen LogP contribution is 2.33. The summed E-state index contributed by atoms with van der Waals surface area (Å²) in [7, 11) is 3.08. The predicted octanol–water partition coefficient (Wildman–Crippen LogP) is 6.35. The number of hydrogen-bond acceptors (Lipinski definition) is 8. The fraction of sp³-hybridized carbons (Fsp3) is 0.241. The van der Waals surface area contributed by atoms with Crippen LogP contribution >= 0.6 is 35.0 Å². The largest absolute Gasteiger partial charge is 0.493 e. The Morgan fingerprint density at radius 1 is 1.00 bits per heavy atom. The maximum Gasteiger partial charge on any atom is 0.338 e. The second kappa shape index (κ2) is 13.8. The highest BCUT2D eigenvalue weighted by Gasteiger charge is 2.36. The number of benzene rings is 3. The number of anilines is 1. The quantitative estimate of drug-likeness (QED) is 0.280. The Morgan fingerprint density at radius 3 is 2.32 bits per heavy atom. The minimum absolute atomic E-state index is 0.0566. The van der Waals surface area contributed by atoms with E-state index in [9.17, 15) is 14.4 Å². The first-order valence-electron chi connectivity index (χ1n) is 12.5. The summed E-state index contributed by atoms with van der Waals surface area (Å²) in [6.45, 7) is 2.18. The van der Waals surface area contributed by atoms with Crippen LogP contribution in [0, 0.1) is 0 Å². The monoisotopic (exact) mass is 615 g/mol. The summed E-state index contributed by atoms with van der Waals surface area (Å²) in [5.74, 6) is -0.0407. The van der Waals surface area contributed by atoms with E-state index in [4.69, 9.17) is 42.4 Å². The molecule has 3 aromatic rings. The van der Waals surface area contributed by atoms with Crippen LogP contribution in [0.15, 0.2) is 65.7 Å². The molecule has 0 spiro atoms. The normalized spacial score (nSPS) is 15.9. The number of rotatable bonds is 9. The molecule has 1 N–H and O–H groups in total. The number of carbonyl (C=O) groups is 3. The molecule has 4 rings (SSSR count). The second-order valence-electron chi connectivity index (χ2n) is 8.79. The summed E-state index contributed by atoms with van der Waals surface area (Å²) in [5, 5.41) is 3.09. The summed E-state index contributed by atoms with van der Waals surface area (Å²) in [6.07, 6.45) is -0.0566. The number of methoxy groups -OCH3 is 2. The summed E-state index contributed by atoms with van der Waals surface area (Å²) in [6, 6.07) is 16.6. The van der Waals surface area contributed by atoms with Crippen LogP contribution in [0.25, 0.3) is 0 Å². The molecule has 9 nitrogen and oxygen atoms in total. The molecular weight excluding hydrogens is 589 g/mol. The van der Waals surface area contributed by atoms with E-state index < -0.39 is 17.1 Å². The molecule has 214 valence electrons. The third-order valence-corrected chi connectivity index (χ3v) is 7.58. The molecule has 0 radical (unpaired) electrons. The maximum atomic E-state index is 13.5. The molecule has 1 unspecified atom stereocenters. The van der Waals surface area contributed by atoms with Gasteiger partial charge in [-0.05, 0) is 67.1 Å². The van der Waals surface area contributed by atoms with Gasteiger partial charge >= 0.3 is 5.97 Å². The van der Waals surface area contributed by atoms with E-state index in [1.807, 2.05) is 6.07 Å². The van der Waals surface area contributed by atoms with Crippen LogP contribution in [0.1, 0.15) is 29.3 Å². The topological polar surface area (TPSA) is 107 Å². The van der Waals surface area contributed by atoms with Crippen LogP contribution < -0.4 is 14.8 Å². The van der Waals surface area contributed by atoms with Crippen molar-refractivity contribution in [2.24, 2.45) is 4.99 Å². The lowest BCUT2D eigenvalue weighted by atomic mass is 10.1. The number of amides is 2. The molecule has 1 saturated heterocycles. The van der Waals surface area contributed by atoms with Crippen LogP contribution in [0.3, 0.4) is 0 Å². The third kappa shape index (κ3) is 7.72. The van der Waals surface area contributed by atoms with Gasteiger partial charge < -0.3 is 19.5 Å². The number of halogens is 2. The number of ether oxygens (including phenoxy) is 3. The van der Waals surface area contributed by atoms with E-state index in [-0.39, 0.29) is 25.5 Å². The molecule has 0 bridgehead atoms. The zero-order valence-corrected chi connectivity index (χ0v) is 24.8. The number of nitrogens with zero attached hydrogens (tertiary/aromatic N) is 2. The number of hydrogen-bond donors (Lipinski definition) is 1. The number of thioether (sulfide) groups is 1. The van der Waals surface area contributed by atoms with Crippen molar-refractivity contribution in [2.45, 2.75) is 25.1 Å². The standard InChI is InChI=1S/C29H27Cl2N3O6S/c1-4-40-28(37)18-6-8-21(9-7-18)33-29-34(16-17-5-10-23(38-2)24(11-17)39-3)26(35)15-25(41-29)27(36)32-22-13-19(30)12-20(31)14-22/h5-14,25H,4,15-16H2,1-3H3,(H,32,36). The molecule has 1 fully saturated rings. The van der Waals surface area contributed by atoms with E-state index in [0.717, 1.165) is 17.3 Å². The van der Waals surface area contributed by atoms with Crippen molar-refractivity contribution in [2.75, 3.05) is 26.1 Å². The highest BCUT2D eigenvalue weighted by atomic mass is 35.5. The Kier molecular flexibility index (Phi) is 10.1. The molecule has 0 aromatic heterocycles. The van der Waals surface area contributed by atoms with Crippen molar-refractivity contribution in [3.63, 3.8) is 0 Å². The van der Waals surface area contributed by atoms with Gasteiger partial charge in [-0.3, -0.25) is 14.5 Å². The molecule has 1 heterocycles. The third-order valence-electron chi connectivity index (χ3n) is 5.95. The first-order valence-corrected chi connectivity index (χ1v) is 14.1. The van der Waals surface area contributed by atoms with Crippen LogP contribution in [0.2, 0.25) is 10.0 Å². The summed E-state index contributed by atoms with van der Waals surface area (Å²) >= 11 is 13.3. The van der Waals surface area contributed by atoms with Gasteiger partial charge in [-0.15, -0.1) is 0 Å². The molecule has 0 aliphatic carbocycles. The molecule has 2 amide bonds. The van der Waals surface area contributed by atoms with Gasteiger partial charge in [0.25, 0.3) is 0 Å². The van der Waals surface area contributed by atoms with Gasteiger partial charge in [0.15, 0.2) is 16.7 Å². The first-order chi connectivity index (χ1) is 19.7. The number of aliphatic imine (C=N–C) groups is 1. The zero-order valence-electron chi connectivity index (χ0n) is 22.5. The Labute approximate surface area is 251 Å². The number of carbonyl (C=O) groups excluding carboxylic acids is 3. The number of amidine groups is 1. The van der Waals surface area contributed by atoms with E-state index in [1.54, 1.807) is 68.6 Å². The van der Waals surface area contributed by atoms with E-state index in [1.165, 1.54) is 12.0 Å². The lowest BCUT2D eigenvalue weighted by Gasteiger charge is -2.32. The Bertz CT molecular complexity index is 1460. The van der Waals surface area contributed by atoms with Gasteiger partial charge in [0, 0.05) is 22.2 Å². The maximum absolute atomic E-state index is 13.5. The minimum Gasteiger partial charge on any atom is -0.493 e. The average Bonchev–Trinajstić information content (AvgIpc) is 2.94. The lowest BCUT2D eigenvalue weighted by Crippen LogP contribution is -2.44. The average molecular weight is 617 g/mol. The highest BCUT2D eigenvalue weighted by molar-refractivity contribution is 8.15. The summed E-state index contributed by atoms with van der Waals surface area (Å²) < 4.78 is 15.8. The van der Waals surface area contributed by atoms with Crippen molar-refractivity contribution in [3.8, 4) is 11.5 Å². The van der Waals surface area contributed by atoms with E-state index in [2.05, 4.69) is 5.32 Å². The Balaban J connectivity index is 1.63. The van der Waals surface area contributed by atoms with Gasteiger partial charge in [-0.1, -0.05) is 41.0 Å². The Hall–Kier alpha value is -3.73. The van der Waals surface area contributed by atoms with Gasteiger partial charge in [0.05, 0.1) is 38.6 Å². The van der Waals surface area contributed by atoms with E-state index >= 15 is 0 Å². The minimum atomic E-state index is -0.764. The van der Waals surface area contributed by atoms with Crippen molar-refractivity contribution >= 4 is 69.3 Å². The second-order valence-corrected chi connectivity index (χ2v) is 10.8. The zero-order chi connectivity index (χ0) is 29.5. The molecular formula is C29H27Cl2N3O6S. The van der Waals surface area contributed by atoms with Crippen LogP contribution in [0.5, 0.6) is 11.5 Å². The van der Waals surface area contributed by atoms with Crippen molar-refractivity contribution < 1.29 is 28.6 Å². The first kappa shape index (κ1) is 30.2. The van der Waals surface area contributed by atoms with Crippen molar-refractivity contribution in [1.29, 1.82) is 0 Å². The molecule has 0 saturated carbocycles. The molecule has 1 aliphatic heterocycles. The molecule has 3 aromatic carbocycles. The smallest absolute Gasteiger partial charge is 0.338 e. The van der Waals surface area contributed by atoms with Crippen molar-refractivity contribution in [3.05, 3.63) is 81.8 Å². The van der Waals surface area contributed by atoms with Gasteiger partial charge in [-0.25, -0.2) is 9.79 Å². The van der Waals surface area contributed by atoms with E-state index in [0.29, 0.717) is 43.7 Å². The van der Waals surface area contributed by atoms with Crippen LogP contribution in [-0.2, 0) is 20.9 Å². The lowest BCUT2D eigenvalue weighted by molar-refractivity contribution is -0.129. The van der Waals surface area contributed by atoms with Gasteiger partial charge in [-0.2, -0.15) is 0 Å². The van der Waals surface area contributed by atoms with Gasteiger partial charge in [0.2, 0.25) is 11.8 Å². The van der Waals surface area contributed by atoms with Crippen LogP contribution in [-0.4, -0.2) is 53.9 Å². The Morgan fingerprint density at radius 2 is 1.68 bits per heavy atom. The van der Waals surface area contributed by atoms with Crippen LogP contribution in [0.4, 0.5) is 11.4 Å².